The van der Waals surface area contributed by atoms with Crippen molar-refractivity contribution in [3.05, 3.63) is 0 Å². The van der Waals surface area contributed by atoms with Gasteiger partial charge >= 0.3 is 0 Å². The molecule has 1 aliphatic carbocycles. The van der Waals surface area contributed by atoms with E-state index in [2.05, 4.69) is 29.7 Å². The third-order valence-electron chi connectivity index (χ3n) is 7.66. The van der Waals surface area contributed by atoms with Crippen molar-refractivity contribution in [1.82, 2.24) is 20.7 Å². The summed E-state index contributed by atoms with van der Waals surface area (Å²) in [6.07, 6.45) is 2.99. The average Bonchev–Trinajstić information content (AvgIpc) is 3.28. The SMILES string of the molecule is CCOC1C(Cl)CC(C2CCN(C)N2)C2C1NC1CCN(C(=O)CO)[C@@H](C)C12. The minimum atomic E-state index is -0.410. The minimum absolute atomic E-state index is 0.00274. The monoisotopic (exact) mass is 414 g/mol. The van der Waals surface area contributed by atoms with Crippen LogP contribution in [0, 0.1) is 17.8 Å². The Morgan fingerprint density at radius 3 is 2.64 bits per heavy atom. The Kier molecular flexibility index (Phi) is 6.22. The number of nitrogens with zero attached hydrogens (tertiary/aromatic N) is 2. The standard InChI is InChI=1S/C20H35ClN4O3/c1-4-28-20-13(21)9-12(14-5-7-24(3)23-14)18-17-11(2)25(16(27)10-26)8-6-15(17)22-19(18)20/h11-15,17-20,22-23,26H,4-10H2,1-3H3/t11-,12?,13?,14?,15?,17?,18?,19?,20?/m0/s1. The van der Waals surface area contributed by atoms with Gasteiger partial charge in [-0.15, -0.1) is 11.6 Å². The van der Waals surface area contributed by atoms with Gasteiger partial charge in [-0.3, -0.25) is 10.2 Å². The van der Waals surface area contributed by atoms with Gasteiger partial charge in [-0.2, -0.15) is 0 Å². The zero-order chi connectivity index (χ0) is 20.0. The highest BCUT2D eigenvalue weighted by Gasteiger charge is 2.59. The molecule has 0 spiro atoms. The average molecular weight is 415 g/mol. The summed E-state index contributed by atoms with van der Waals surface area (Å²) in [6, 6.07) is 1.12. The lowest BCUT2D eigenvalue weighted by Crippen LogP contribution is -2.58. The topological polar surface area (TPSA) is 77.1 Å². The number of hydrogen-bond acceptors (Lipinski definition) is 6. The molecule has 3 heterocycles. The Labute approximate surface area is 173 Å². The van der Waals surface area contributed by atoms with Gasteiger partial charge in [0.25, 0.3) is 0 Å². The van der Waals surface area contributed by atoms with Crippen LogP contribution in [-0.4, -0.2) is 89.9 Å². The molecule has 7 nitrogen and oxygen atoms in total. The lowest BCUT2D eigenvalue weighted by atomic mass is 9.64. The molecule has 0 aromatic carbocycles. The van der Waals surface area contributed by atoms with Crippen molar-refractivity contribution in [2.75, 3.05) is 33.4 Å². The molecule has 9 atom stereocenters. The number of rotatable bonds is 4. The van der Waals surface area contributed by atoms with Crippen LogP contribution in [0.3, 0.4) is 0 Å². The van der Waals surface area contributed by atoms with Crippen LogP contribution >= 0.6 is 11.6 Å². The van der Waals surface area contributed by atoms with Gasteiger partial charge in [0.05, 0.1) is 11.5 Å². The van der Waals surface area contributed by atoms with Crippen LogP contribution in [0.25, 0.3) is 0 Å². The van der Waals surface area contributed by atoms with Crippen LogP contribution in [0.5, 0.6) is 0 Å². The first kappa shape index (κ1) is 20.8. The summed E-state index contributed by atoms with van der Waals surface area (Å²) >= 11 is 6.87. The summed E-state index contributed by atoms with van der Waals surface area (Å²) in [5.41, 5.74) is 3.64. The number of nitrogens with one attached hydrogen (secondary N) is 2. The lowest BCUT2D eigenvalue weighted by Gasteiger charge is -2.49. The van der Waals surface area contributed by atoms with E-state index < -0.39 is 6.61 Å². The molecule has 8 heteroatoms. The first-order valence-electron chi connectivity index (χ1n) is 10.9. The fraction of sp³-hybridized carbons (Fsp3) is 0.950. The Hall–Kier alpha value is -0.440. The smallest absolute Gasteiger partial charge is 0.248 e. The predicted octanol–water partition coefficient (Wildman–Crippen LogP) is 0.413. The number of piperidine rings is 1. The van der Waals surface area contributed by atoms with Crippen LogP contribution in [0.2, 0.25) is 0 Å². The number of ether oxygens (including phenoxy) is 1. The number of alkyl halides is 1. The maximum absolute atomic E-state index is 12.3. The maximum Gasteiger partial charge on any atom is 0.248 e. The number of carbonyl (C=O) groups is 1. The molecule has 3 aliphatic heterocycles. The zero-order valence-electron chi connectivity index (χ0n) is 17.2. The van der Waals surface area contributed by atoms with E-state index in [1.165, 1.54) is 0 Å². The molecule has 0 radical (unpaired) electrons. The fourth-order valence-corrected chi connectivity index (χ4v) is 7.01. The highest BCUT2D eigenvalue weighted by molar-refractivity contribution is 6.21. The second-order valence-electron chi connectivity index (χ2n) is 9.01. The highest BCUT2D eigenvalue weighted by atomic mass is 35.5. The molecule has 160 valence electrons. The van der Waals surface area contributed by atoms with Gasteiger partial charge in [-0.1, -0.05) is 0 Å². The van der Waals surface area contributed by atoms with E-state index in [9.17, 15) is 9.90 Å². The van der Waals surface area contributed by atoms with E-state index >= 15 is 0 Å². The van der Waals surface area contributed by atoms with Gasteiger partial charge in [0, 0.05) is 50.9 Å². The predicted molar refractivity (Wildman–Crippen MR) is 108 cm³/mol. The van der Waals surface area contributed by atoms with Gasteiger partial charge < -0.3 is 20.1 Å². The first-order chi connectivity index (χ1) is 13.5. The number of aliphatic hydroxyl groups is 1. The summed E-state index contributed by atoms with van der Waals surface area (Å²) in [4.78, 5) is 14.2. The van der Waals surface area contributed by atoms with Gasteiger partial charge in [-0.05, 0) is 50.9 Å². The molecule has 3 N–H and O–H groups in total. The summed E-state index contributed by atoms with van der Waals surface area (Å²) in [5.74, 6) is 1.06. The third kappa shape index (κ3) is 3.48. The Balaban J connectivity index is 1.64. The number of aliphatic hydroxyl groups excluding tert-OH is 1. The van der Waals surface area contributed by atoms with Gasteiger partial charge in [0.1, 0.15) is 6.61 Å². The molecule has 28 heavy (non-hydrogen) atoms. The molecule has 1 saturated carbocycles. The van der Waals surface area contributed by atoms with Crippen molar-refractivity contribution in [3.63, 3.8) is 0 Å². The molecule has 8 unspecified atom stereocenters. The van der Waals surface area contributed by atoms with Crippen LogP contribution in [0.15, 0.2) is 0 Å². The number of amides is 1. The van der Waals surface area contributed by atoms with E-state index in [0.29, 0.717) is 43.0 Å². The van der Waals surface area contributed by atoms with Gasteiger partial charge in [0.2, 0.25) is 5.91 Å². The summed E-state index contributed by atoms with van der Waals surface area (Å²) in [7, 11) is 2.10. The van der Waals surface area contributed by atoms with Crippen molar-refractivity contribution >= 4 is 17.5 Å². The molecule has 3 saturated heterocycles. The number of fused-ring (bicyclic) bond motifs is 3. The van der Waals surface area contributed by atoms with Crippen LogP contribution in [-0.2, 0) is 9.53 Å². The second-order valence-corrected chi connectivity index (χ2v) is 9.57. The van der Waals surface area contributed by atoms with E-state index in [1.54, 1.807) is 0 Å². The van der Waals surface area contributed by atoms with Gasteiger partial charge in [0.15, 0.2) is 0 Å². The molecular weight excluding hydrogens is 380 g/mol. The van der Waals surface area contributed by atoms with Crippen molar-refractivity contribution < 1.29 is 14.6 Å². The Bertz CT molecular complexity index is 582. The van der Waals surface area contributed by atoms with E-state index in [4.69, 9.17) is 16.3 Å². The van der Waals surface area contributed by atoms with Gasteiger partial charge in [-0.25, -0.2) is 5.01 Å². The molecule has 0 bridgehead atoms. The Morgan fingerprint density at radius 1 is 1.25 bits per heavy atom. The van der Waals surface area contributed by atoms with Crippen molar-refractivity contribution in [2.24, 2.45) is 17.8 Å². The molecular formula is C20H35ClN4O3. The molecule has 4 aliphatic rings. The number of halogens is 1. The van der Waals surface area contributed by atoms with E-state index in [1.807, 2.05) is 11.8 Å². The number of hydrazine groups is 1. The molecule has 4 rings (SSSR count). The van der Waals surface area contributed by atoms with Crippen molar-refractivity contribution in [1.29, 1.82) is 0 Å². The first-order valence-corrected chi connectivity index (χ1v) is 11.3. The second kappa shape index (κ2) is 8.36. The molecule has 4 fully saturated rings. The summed E-state index contributed by atoms with van der Waals surface area (Å²) in [5, 5.41) is 15.5. The van der Waals surface area contributed by atoms with E-state index in [0.717, 1.165) is 25.8 Å². The maximum atomic E-state index is 12.3. The Morgan fingerprint density at radius 2 is 2.00 bits per heavy atom. The molecule has 0 aromatic heterocycles. The molecule has 0 aromatic rings. The zero-order valence-corrected chi connectivity index (χ0v) is 17.9. The minimum Gasteiger partial charge on any atom is -0.387 e. The van der Waals surface area contributed by atoms with Crippen LogP contribution < -0.4 is 10.7 Å². The van der Waals surface area contributed by atoms with Crippen LogP contribution in [0.4, 0.5) is 0 Å². The van der Waals surface area contributed by atoms with Crippen molar-refractivity contribution in [2.45, 2.75) is 68.8 Å². The highest BCUT2D eigenvalue weighted by Crippen LogP contribution is 2.50. The lowest BCUT2D eigenvalue weighted by molar-refractivity contribution is -0.140. The third-order valence-corrected chi connectivity index (χ3v) is 8.08. The van der Waals surface area contributed by atoms with Crippen LogP contribution in [0.1, 0.15) is 33.1 Å². The quantitative estimate of drug-likeness (QED) is 0.578. The normalized spacial score (nSPS) is 46.5. The number of carbonyl (C=O) groups excluding carboxylic acids is 1. The number of likely N-dealkylation sites (tertiary alicyclic amines) is 1. The summed E-state index contributed by atoms with van der Waals surface area (Å²) < 4.78 is 6.13. The number of hydrogen-bond donors (Lipinski definition) is 3. The molecule has 1 amide bonds. The summed E-state index contributed by atoms with van der Waals surface area (Å²) in [6.45, 7) is 6.19. The van der Waals surface area contributed by atoms with E-state index in [-0.39, 0.29) is 29.5 Å². The largest absolute Gasteiger partial charge is 0.387 e. The fourth-order valence-electron chi connectivity index (χ4n) is 6.57. The van der Waals surface area contributed by atoms with Crippen molar-refractivity contribution in [3.8, 4) is 0 Å².